The quantitative estimate of drug-likeness (QED) is 0.324. The summed E-state index contributed by atoms with van der Waals surface area (Å²) in [6.07, 6.45) is 0. The van der Waals surface area contributed by atoms with Crippen LogP contribution in [0.1, 0.15) is 10.4 Å². The Kier molecular flexibility index (Phi) is 4.75. The largest absolute Gasteiger partial charge is 0.506 e. The van der Waals surface area contributed by atoms with Gasteiger partial charge in [0.1, 0.15) is 17.0 Å². The molecule has 0 fully saturated rings. The van der Waals surface area contributed by atoms with Gasteiger partial charge in [0, 0.05) is 16.8 Å². The van der Waals surface area contributed by atoms with Gasteiger partial charge in [-0.2, -0.15) is 0 Å². The van der Waals surface area contributed by atoms with E-state index in [1.807, 2.05) is 0 Å². The summed E-state index contributed by atoms with van der Waals surface area (Å²) >= 11 is 0. The number of nitro groups is 2. The van der Waals surface area contributed by atoms with Crippen LogP contribution in [0.4, 0.5) is 22.7 Å². The molecule has 0 unspecified atom stereocenters. The first-order chi connectivity index (χ1) is 13.7. The number of phenols is 2. The van der Waals surface area contributed by atoms with E-state index in [-0.39, 0.29) is 11.1 Å². The van der Waals surface area contributed by atoms with E-state index in [1.54, 1.807) is 12.1 Å². The Morgan fingerprint density at radius 2 is 1.48 bits per heavy atom. The van der Waals surface area contributed by atoms with Gasteiger partial charge in [-0.05, 0) is 6.07 Å². The number of aromatic carboxylic acids is 1. The molecule has 0 aliphatic carbocycles. The zero-order valence-electron chi connectivity index (χ0n) is 14.2. The zero-order valence-corrected chi connectivity index (χ0v) is 14.2. The number of carboxylic acid groups (broad SMARTS) is 1. The SMILES string of the molecule is O=C(O)c1cc(N=Nc2cc([N+](=O)[O-])cc([N+](=O)[O-])c2O)c2ccccc2c1O. The van der Waals surface area contributed by atoms with Gasteiger partial charge in [0.05, 0.1) is 21.6 Å². The fourth-order valence-electron chi connectivity index (χ4n) is 2.60. The Bertz CT molecular complexity index is 1220. The molecule has 0 heterocycles. The summed E-state index contributed by atoms with van der Waals surface area (Å²) in [5.41, 5.74) is -2.68. The predicted molar refractivity (Wildman–Crippen MR) is 98.2 cm³/mol. The Labute approximate surface area is 160 Å². The van der Waals surface area contributed by atoms with Gasteiger partial charge in [0.15, 0.2) is 0 Å². The van der Waals surface area contributed by atoms with E-state index in [2.05, 4.69) is 10.2 Å². The van der Waals surface area contributed by atoms with Crippen LogP contribution in [-0.4, -0.2) is 31.1 Å². The summed E-state index contributed by atoms with van der Waals surface area (Å²) in [5, 5.41) is 59.3. The first-order valence-electron chi connectivity index (χ1n) is 7.76. The predicted octanol–water partition coefficient (Wildman–Crippen LogP) is 4.18. The Morgan fingerprint density at radius 3 is 2.07 bits per heavy atom. The van der Waals surface area contributed by atoms with E-state index in [9.17, 15) is 40.3 Å². The van der Waals surface area contributed by atoms with Crippen LogP contribution in [0.15, 0.2) is 52.7 Å². The molecule has 0 radical (unpaired) electrons. The molecule has 146 valence electrons. The molecule has 0 amide bonds. The van der Waals surface area contributed by atoms with E-state index in [0.29, 0.717) is 11.5 Å². The highest BCUT2D eigenvalue weighted by Crippen LogP contribution is 2.42. The average molecular weight is 398 g/mol. The lowest BCUT2D eigenvalue weighted by atomic mass is 10.0. The molecule has 0 bridgehead atoms. The molecular weight excluding hydrogens is 388 g/mol. The summed E-state index contributed by atoms with van der Waals surface area (Å²) in [6.45, 7) is 0. The third kappa shape index (κ3) is 3.49. The van der Waals surface area contributed by atoms with E-state index >= 15 is 0 Å². The zero-order chi connectivity index (χ0) is 21.3. The number of aromatic hydroxyl groups is 2. The van der Waals surface area contributed by atoms with Gasteiger partial charge < -0.3 is 15.3 Å². The topological polar surface area (TPSA) is 189 Å². The number of hydrogen-bond donors (Lipinski definition) is 3. The number of nitrogens with zero attached hydrogens (tertiary/aromatic N) is 4. The maximum Gasteiger partial charge on any atom is 0.339 e. The standard InChI is InChI=1S/C17H10N4O8/c22-15-10-4-2-1-3-9(10)12(7-11(15)17(24)25)18-19-13-5-8(20(26)27)6-14(16(13)23)21(28)29/h1-7,22-23H,(H,24,25). The number of rotatable bonds is 5. The lowest BCUT2D eigenvalue weighted by molar-refractivity contribution is -0.394. The van der Waals surface area contributed by atoms with Crippen molar-refractivity contribution in [1.82, 2.24) is 0 Å². The second kappa shape index (κ2) is 7.19. The molecule has 3 rings (SSSR count). The van der Waals surface area contributed by atoms with Crippen LogP contribution >= 0.6 is 0 Å². The lowest BCUT2D eigenvalue weighted by Gasteiger charge is -2.07. The number of benzene rings is 3. The van der Waals surface area contributed by atoms with E-state index in [4.69, 9.17) is 0 Å². The van der Waals surface area contributed by atoms with Gasteiger partial charge in [-0.3, -0.25) is 20.2 Å². The Hall–Kier alpha value is -4.61. The third-order valence-corrected chi connectivity index (χ3v) is 3.95. The number of fused-ring (bicyclic) bond motifs is 1. The molecule has 12 heteroatoms. The molecule has 0 atom stereocenters. The van der Waals surface area contributed by atoms with E-state index < -0.39 is 49.9 Å². The summed E-state index contributed by atoms with van der Waals surface area (Å²) in [7, 11) is 0. The van der Waals surface area contributed by atoms with Crippen LogP contribution in [-0.2, 0) is 0 Å². The minimum absolute atomic E-state index is 0.0376. The molecule has 3 aromatic rings. The average Bonchev–Trinajstić information content (AvgIpc) is 2.67. The fraction of sp³-hybridized carbons (Fsp3) is 0. The van der Waals surface area contributed by atoms with Gasteiger partial charge in [0.25, 0.3) is 5.69 Å². The Balaban J connectivity index is 2.22. The monoisotopic (exact) mass is 398 g/mol. The minimum atomic E-state index is -1.43. The van der Waals surface area contributed by atoms with Crippen molar-refractivity contribution < 1.29 is 30.0 Å². The summed E-state index contributed by atoms with van der Waals surface area (Å²) in [4.78, 5) is 31.4. The molecular formula is C17H10N4O8. The van der Waals surface area contributed by atoms with Crippen molar-refractivity contribution in [3.63, 3.8) is 0 Å². The van der Waals surface area contributed by atoms with Crippen molar-refractivity contribution in [3.05, 3.63) is 68.3 Å². The molecule has 29 heavy (non-hydrogen) atoms. The number of azo groups is 1. The lowest BCUT2D eigenvalue weighted by Crippen LogP contribution is -1.97. The summed E-state index contributed by atoms with van der Waals surface area (Å²) in [5.74, 6) is -2.86. The van der Waals surface area contributed by atoms with Gasteiger partial charge in [-0.15, -0.1) is 10.2 Å². The van der Waals surface area contributed by atoms with E-state index in [1.165, 1.54) is 12.1 Å². The number of nitro benzene ring substituents is 2. The second-order valence-electron chi connectivity index (χ2n) is 5.69. The third-order valence-electron chi connectivity index (χ3n) is 3.95. The summed E-state index contributed by atoms with van der Waals surface area (Å²) < 4.78 is 0. The van der Waals surface area contributed by atoms with Gasteiger partial charge in [-0.1, -0.05) is 24.3 Å². The molecule has 3 N–H and O–H groups in total. The number of phenolic OH excluding ortho intramolecular Hbond substituents is 1. The Morgan fingerprint density at radius 1 is 0.862 bits per heavy atom. The highest BCUT2D eigenvalue weighted by molar-refractivity contribution is 6.05. The normalized spacial score (nSPS) is 11.0. The van der Waals surface area contributed by atoms with Crippen LogP contribution in [0.5, 0.6) is 11.5 Å². The van der Waals surface area contributed by atoms with Gasteiger partial charge in [0.2, 0.25) is 5.75 Å². The van der Waals surface area contributed by atoms with Crippen molar-refractivity contribution in [2.24, 2.45) is 10.2 Å². The van der Waals surface area contributed by atoms with Crippen LogP contribution in [0.3, 0.4) is 0 Å². The summed E-state index contributed by atoms with van der Waals surface area (Å²) in [6, 6.07) is 8.50. The molecule has 0 saturated heterocycles. The van der Waals surface area contributed by atoms with Crippen molar-refractivity contribution in [1.29, 1.82) is 0 Å². The van der Waals surface area contributed by atoms with Gasteiger partial charge >= 0.3 is 11.7 Å². The molecule has 12 nitrogen and oxygen atoms in total. The highest BCUT2D eigenvalue weighted by Gasteiger charge is 2.24. The molecule has 0 saturated carbocycles. The molecule has 3 aromatic carbocycles. The number of carboxylic acids is 1. The van der Waals surface area contributed by atoms with Crippen LogP contribution in [0, 0.1) is 20.2 Å². The molecule has 0 aliphatic rings. The molecule has 0 aliphatic heterocycles. The number of non-ortho nitro benzene ring substituents is 1. The molecule has 0 aromatic heterocycles. The van der Waals surface area contributed by atoms with Crippen molar-refractivity contribution in [2.45, 2.75) is 0 Å². The highest BCUT2D eigenvalue weighted by atomic mass is 16.6. The minimum Gasteiger partial charge on any atom is -0.506 e. The smallest absolute Gasteiger partial charge is 0.339 e. The number of hydrogen-bond acceptors (Lipinski definition) is 9. The van der Waals surface area contributed by atoms with Crippen molar-refractivity contribution >= 4 is 39.5 Å². The van der Waals surface area contributed by atoms with Crippen molar-refractivity contribution in [2.75, 3.05) is 0 Å². The maximum atomic E-state index is 11.4. The number of carbonyl (C=O) groups is 1. The second-order valence-corrected chi connectivity index (χ2v) is 5.69. The van der Waals surface area contributed by atoms with E-state index in [0.717, 1.165) is 12.1 Å². The maximum absolute atomic E-state index is 11.4. The fourth-order valence-corrected chi connectivity index (χ4v) is 2.60. The van der Waals surface area contributed by atoms with Crippen LogP contribution in [0.2, 0.25) is 0 Å². The molecule has 0 spiro atoms. The van der Waals surface area contributed by atoms with Gasteiger partial charge in [-0.25, -0.2) is 4.79 Å². The van der Waals surface area contributed by atoms with Crippen LogP contribution in [0.25, 0.3) is 10.8 Å². The first kappa shape index (κ1) is 19.2. The van der Waals surface area contributed by atoms with Crippen LogP contribution < -0.4 is 0 Å². The first-order valence-corrected chi connectivity index (χ1v) is 7.76. The van der Waals surface area contributed by atoms with Crippen molar-refractivity contribution in [3.8, 4) is 11.5 Å².